The van der Waals surface area contributed by atoms with E-state index in [0.29, 0.717) is 17.3 Å². The highest BCUT2D eigenvalue weighted by Gasteiger charge is 2.31. The highest BCUT2D eigenvalue weighted by Crippen LogP contribution is 2.36. The van der Waals surface area contributed by atoms with Gasteiger partial charge in [0.2, 0.25) is 0 Å². The first-order valence-corrected chi connectivity index (χ1v) is 10.3. The zero-order chi connectivity index (χ0) is 22.0. The number of carbonyl (C=O) groups is 1. The first kappa shape index (κ1) is 21.0. The number of nitrogens with zero attached hydrogens (tertiary/aromatic N) is 1. The van der Waals surface area contributed by atoms with Gasteiger partial charge in [0, 0.05) is 5.56 Å². The van der Waals surface area contributed by atoms with Crippen LogP contribution >= 0.6 is 11.8 Å². The summed E-state index contributed by atoms with van der Waals surface area (Å²) in [5, 5.41) is 4.76. The Bertz CT molecular complexity index is 1220. The summed E-state index contributed by atoms with van der Waals surface area (Å²) in [4.78, 5) is 17.1. The Kier molecular flexibility index (Phi) is 5.73. The maximum atomic E-state index is 12.9. The number of nitrogens with one attached hydrogen (secondary N) is 1. The Morgan fingerprint density at radius 3 is 2.68 bits per heavy atom. The second-order valence-electron chi connectivity index (χ2n) is 6.66. The summed E-state index contributed by atoms with van der Waals surface area (Å²) < 4.78 is 44.5. The molecule has 0 unspecified atom stereocenters. The van der Waals surface area contributed by atoms with Gasteiger partial charge < -0.3 is 10.1 Å². The number of amidine groups is 1. The molecule has 0 bridgehead atoms. The molecule has 1 aliphatic rings. The predicted molar refractivity (Wildman–Crippen MR) is 117 cm³/mol. The molecule has 0 aliphatic carbocycles. The monoisotopic (exact) mass is 442 g/mol. The van der Waals surface area contributed by atoms with Crippen LogP contribution in [0.4, 0.5) is 18.9 Å². The van der Waals surface area contributed by atoms with Gasteiger partial charge in [0.1, 0.15) is 5.75 Å². The Morgan fingerprint density at radius 2 is 1.90 bits per heavy atom. The third-order valence-corrected chi connectivity index (χ3v) is 5.47. The molecule has 31 heavy (non-hydrogen) atoms. The largest absolute Gasteiger partial charge is 0.493 e. The third-order valence-electron chi connectivity index (χ3n) is 4.56. The van der Waals surface area contributed by atoms with Crippen molar-refractivity contribution in [3.63, 3.8) is 0 Å². The summed E-state index contributed by atoms with van der Waals surface area (Å²) in [6.45, 7) is 2.35. The molecule has 1 N–H and O–H groups in total. The topological polar surface area (TPSA) is 50.7 Å². The lowest BCUT2D eigenvalue weighted by molar-refractivity contribution is -0.137. The smallest absolute Gasteiger partial charge is 0.416 e. The van der Waals surface area contributed by atoms with E-state index in [-0.39, 0.29) is 16.8 Å². The molecule has 1 aliphatic heterocycles. The van der Waals surface area contributed by atoms with Crippen molar-refractivity contribution in [2.24, 2.45) is 4.99 Å². The maximum absolute atomic E-state index is 12.9. The van der Waals surface area contributed by atoms with Gasteiger partial charge >= 0.3 is 6.18 Å². The van der Waals surface area contributed by atoms with Crippen LogP contribution in [-0.4, -0.2) is 17.7 Å². The average Bonchev–Trinajstić information content (AvgIpc) is 3.08. The third kappa shape index (κ3) is 4.59. The van der Waals surface area contributed by atoms with Crippen molar-refractivity contribution in [2.45, 2.75) is 13.1 Å². The van der Waals surface area contributed by atoms with Crippen LogP contribution in [0.2, 0.25) is 0 Å². The molecule has 4 nitrogen and oxygen atoms in total. The van der Waals surface area contributed by atoms with Crippen LogP contribution in [0, 0.1) is 0 Å². The molecule has 0 spiro atoms. The fourth-order valence-electron chi connectivity index (χ4n) is 3.19. The Morgan fingerprint density at radius 1 is 1.10 bits per heavy atom. The van der Waals surface area contributed by atoms with Crippen LogP contribution < -0.4 is 10.1 Å². The van der Waals surface area contributed by atoms with Gasteiger partial charge in [-0.1, -0.05) is 36.4 Å². The van der Waals surface area contributed by atoms with Crippen molar-refractivity contribution in [1.82, 2.24) is 5.32 Å². The molecule has 1 fully saturated rings. The predicted octanol–water partition coefficient (Wildman–Crippen LogP) is 6.15. The number of aliphatic imine (C=N–C) groups is 1. The second kappa shape index (κ2) is 8.47. The van der Waals surface area contributed by atoms with E-state index in [9.17, 15) is 18.0 Å². The van der Waals surface area contributed by atoms with Gasteiger partial charge in [-0.05, 0) is 59.8 Å². The minimum absolute atomic E-state index is 0.110. The van der Waals surface area contributed by atoms with Gasteiger partial charge in [-0.25, -0.2) is 4.99 Å². The molecule has 1 saturated heterocycles. The standard InChI is InChI=1S/C23H17F3N2O2S/c1-2-30-19-11-10-14-6-3-4-9-17(14)18(19)13-20-21(29)28-22(31-20)27-16-8-5-7-15(12-16)23(24,25)26/h3-13H,2H2,1H3,(H,27,28,29). The molecule has 158 valence electrons. The minimum atomic E-state index is -4.46. The minimum Gasteiger partial charge on any atom is -0.493 e. The molecule has 0 atom stereocenters. The van der Waals surface area contributed by atoms with Gasteiger partial charge in [0.25, 0.3) is 5.91 Å². The number of rotatable bonds is 4. The summed E-state index contributed by atoms with van der Waals surface area (Å²) >= 11 is 1.07. The lowest BCUT2D eigenvalue weighted by Crippen LogP contribution is -2.19. The van der Waals surface area contributed by atoms with Gasteiger partial charge in [0.15, 0.2) is 5.17 Å². The number of amides is 1. The summed E-state index contributed by atoms with van der Waals surface area (Å²) in [6.07, 6.45) is -2.74. The number of alkyl halides is 3. The number of hydrogen-bond acceptors (Lipinski definition) is 4. The molecule has 8 heteroatoms. The van der Waals surface area contributed by atoms with Crippen molar-refractivity contribution < 1.29 is 22.7 Å². The Hall–Kier alpha value is -3.26. The van der Waals surface area contributed by atoms with Crippen molar-refractivity contribution in [3.05, 3.63) is 76.7 Å². The number of benzene rings is 3. The molecule has 0 radical (unpaired) electrons. The zero-order valence-corrected chi connectivity index (χ0v) is 17.2. The fourth-order valence-corrected chi connectivity index (χ4v) is 4.01. The van der Waals surface area contributed by atoms with E-state index in [1.165, 1.54) is 12.1 Å². The van der Waals surface area contributed by atoms with Crippen LogP contribution in [0.15, 0.2) is 70.6 Å². The van der Waals surface area contributed by atoms with E-state index in [0.717, 1.165) is 40.2 Å². The lowest BCUT2D eigenvalue weighted by atomic mass is 10.0. The van der Waals surface area contributed by atoms with E-state index >= 15 is 0 Å². The van der Waals surface area contributed by atoms with E-state index in [2.05, 4.69) is 10.3 Å². The van der Waals surface area contributed by atoms with Crippen molar-refractivity contribution >= 4 is 45.4 Å². The van der Waals surface area contributed by atoms with Crippen molar-refractivity contribution in [2.75, 3.05) is 6.61 Å². The zero-order valence-electron chi connectivity index (χ0n) is 16.4. The van der Waals surface area contributed by atoms with Crippen molar-refractivity contribution in [3.8, 4) is 5.75 Å². The van der Waals surface area contributed by atoms with Crippen LogP contribution in [0.3, 0.4) is 0 Å². The van der Waals surface area contributed by atoms with Crippen molar-refractivity contribution in [1.29, 1.82) is 0 Å². The molecule has 3 aromatic carbocycles. The molecular formula is C23H17F3N2O2S. The number of carbonyl (C=O) groups excluding carboxylic acids is 1. The van der Waals surface area contributed by atoms with Gasteiger partial charge in [-0.2, -0.15) is 13.2 Å². The molecular weight excluding hydrogens is 425 g/mol. The lowest BCUT2D eigenvalue weighted by Gasteiger charge is -2.11. The highest BCUT2D eigenvalue weighted by atomic mass is 32.2. The average molecular weight is 442 g/mol. The van der Waals surface area contributed by atoms with E-state index in [4.69, 9.17) is 4.74 Å². The highest BCUT2D eigenvalue weighted by molar-refractivity contribution is 8.18. The number of thioether (sulfide) groups is 1. The number of hydrogen-bond donors (Lipinski definition) is 1. The summed E-state index contributed by atoms with van der Waals surface area (Å²) in [5.74, 6) is 0.275. The summed E-state index contributed by atoms with van der Waals surface area (Å²) in [6, 6.07) is 16.2. The SMILES string of the molecule is CCOc1ccc2ccccc2c1C=C1SC(=Nc2cccc(C(F)(F)F)c2)NC1=O. The molecule has 4 rings (SSSR count). The quantitative estimate of drug-likeness (QED) is 0.493. The molecule has 0 aromatic heterocycles. The second-order valence-corrected chi connectivity index (χ2v) is 7.69. The number of halogens is 3. The van der Waals surface area contributed by atoms with Crippen LogP contribution in [0.5, 0.6) is 5.75 Å². The first-order chi connectivity index (χ1) is 14.8. The van der Waals surface area contributed by atoms with Crippen LogP contribution in [-0.2, 0) is 11.0 Å². The van der Waals surface area contributed by atoms with Gasteiger partial charge in [-0.15, -0.1) is 0 Å². The van der Waals surface area contributed by atoms with E-state index in [1.54, 1.807) is 6.08 Å². The molecule has 0 saturated carbocycles. The Labute approximate surface area is 180 Å². The fraction of sp³-hybridized carbons (Fsp3) is 0.130. The van der Waals surface area contributed by atoms with Gasteiger partial charge in [0.05, 0.1) is 22.8 Å². The molecule has 1 heterocycles. The van der Waals surface area contributed by atoms with E-state index in [1.807, 2.05) is 43.3 Å². The summed E-state index contributed by atoms with van der Waals surface area (Å²) in [7, 11) is 0. The molecule has 1 amide bonds. The maximum Gasteiger partial charge on any atom is 0.416 e. The number of fused-ring (bicyclic) bond motifs is 1. The van der Waals surface area contributed by atoms with Crippen LogP contribution in [0.25, 0.3) is 16.8 Å². The summed E-state index contributed by atoms with van der Waals surface area (Å²) in [5.41, 5.74) is 0.0773. The number of ether oxygens (including phenoxy) is 1. The molecule has 3 aromatic rings. The Balaban J connectivity index is 1.69. The van der Waals surface area contributed by atoms with Gasteiger partial charge in [-0.3, -0.25) is 4.79 Å². The normalized spacial score (nSPS) is 16.8. The van der Waals surface area contributed by atoms with Crippen LogP contribution in [0.1, 0.15) is 18.1 Å². The first-order valence-electron chi connectivity index (χ1n) is 9.46. The van der Waals surface area contributed by atoms with E-state index < -0.39 is 11.7 Å².